The fourth-order valence-electron chi connectivity index (χ4n) is 3.35. The molecular weight excluding hydrogens is 408 g/mol. The van der Waals surface area contributed by atoms with Crippen molar-refractivity contribution < 1.29 is 32.2 Å². The first-order chi connectivity index (χ1) is 14.1. The summed E-state index contributed by atoms with van der Waals surface area (Å²) in [4.78, 5) is 24.2. The molecule has 0 bridgehead atoms. The highest BCUT2D eigenvalue weighted by atomic mass is 19.4. The van der Waals surface area contributed by atoms with Crippen LogP contribution in [0, 0.1) is 6.92 Å². The summed E-state index contributed by atoms with van der Waals surface area (Å²) in [6, 6.07) is 3.01. The molecule has 1 N–H and O–H groups in total. The molecule has 0 spiro atoms. The minimum absolute atomic E-state index is 0.0730. The molecule has 30 heavy (non-hydrogen) atoms. The number of nitrogens with zero attached hydrogens (tertiary/aromatic N) is 4. The van der Waals surface area contributed by atoms with Gasteiger partial charge in [-0.3, -0.25) is 0 Å². The number of halogens is 4. The van der Waals surface area contributed by atoms with E-state index in [4.69, 9.17) is 9.84 Å². The summed E-state index contributed by atoms with van der Waals surface area (Å²) in [5, 5.41) is 9.08. The Balaban J connectivity index is 1.72. The Bertz CT molecular complexity index is 902. The van der Waals surface area contributed by atoms with E-state index in [1.54, 1.807) is 6.92 Å². The van der Waals surface area contributed by atoms with Gasteiger partial charge in [0.2, 0.25) is 12.2 Å². The number of hydrogen-bond donors (Lipinski definition) is 1. The highest BCUT2D eigenvalue weighted by Gasteiger charge is 2.33. The molecule has 1 fully saturated rings. The first-order valence-electron chi connectivity index (χ1n) is 9.28. The monoisotopic (exact) mass is 428 g/mol. The zero-order chi connectivity index (χ0) is 21.9. The van der Waals surface area contributed by atoms with Gasteiger partial charge in [0, 0.05) is 37.7 Å². The maximum atomic E-state index is 14.5. The summed E-state index contributed by atoms with van der Waals surface area (Å²) in [5.41, 5.74) is -0.0959. The predicted molar refractivity (Wildman–Crippen MR) is 96.8 cm³/mol. The quantitative estimate of drug-likeness (QED) is 0.725. The average molecular weight is 428 g/mol. The molecule has 1 atom stereocenters. The van der Waals surface area contributed by atoms with E-state index in [9.17, 15) is 22.4 Å². The maximum absolute atomic E-state index is 14.5. The molecule has 0 saturated carbocycles. The highest BCUT2D eigenvalue weighted by molar-refractivity contribution is 5.65. The summed E-state index contributed by atoms with van der Waals surface area (Å²) < 4.78 is 57.8. The third kappa shape index (κ3) is 5.33. The number of carboxylic acid groups (broad SMARTS) is 1. The van der Waals surface area contributed by atoms with Crippen LogP contribution in [0.5, 0.6) is 5.88 Å². The molecule has 3 heterocycles. The third-order valence-corrected chi connectivity index (χ3v) is 4.81. The van der Waals surface area contributed by atoms with Gasteiger partial charge < -0.3 is 14.7 Å². The molecule has 0 aromatic carbocycles. The number of likely N-dealkylation sites (tertiary alicyclic amines) is 1. The van der Waals surface area contributed by atoms with Gasteiger partial charge in [0.15, 0.2) is 0 Å². The maximum Gasteiger partial charge on any atom is 0.433 e. The number of piperidine rings is 1. The van der Waals surface area contributed by atoms with Crippen molar-refractivity contribution in [2.45, 2.75) is 44.6 Å². The number of aromatic nitrogens is 3. The van der Waals surface area contributed by atoms with E-state index in [0.717, 1.165) is 18.2 Å². The fourth-order valence-corrected chi connectivity index (χ4v) is 3.35. The van der Waals surface area contributed by atoms with Crippen LogP contribution in [0.25, 0.3) is 0 Å². The van der Waals surface area contributed by atoms with Crippen LogP contribution in [0.3, 0.4) is 0 Å². The van der Waals surface area contributed by atoms with E-state index in [1.165, 1.54) is 11.1 Å². The van der Waals surface area contributed by atoms with Crippen molar-refractivity contribution in [1.29, 1.82) is 0 Å². The van der Waals surface area contributed by atoms with Gasteiger partial charge in [0.25, 0.3) is 0 Å². The van der Waals surface area contributed by atoms with Crippen LogP contribution in [-0.2, 0) is 12.6 Å². The van der Waals surface area contributed by atoms with Gasteiger partial charge in [-0.1, -0.05) is 6.07 Å². The molecule has 0 aliphatic carbocycles. The van der Waals surface area contributed by atoms with Crippen LogP contribution in [-0.4, -0.2) is 50.5 Å². The summed E-state index contributed by atoms with van der Waals surface area (Å²) in [6.07, 6.45) is -5.34. The summed E-state index contributed by atoms with van der Waals surface area (Å²) in [7, 11) is 0. The highest BCUT2D eigenvalue weighted by Crippen LogP contribution is 2.31. The van der Waals surface area contributed by atoms with Gasteiger partial charge >= 0.3 is 12.3 Å². The van der Waals surface area contributed by atoms with E-state index in [0.29, 0.717) is 43.0 Å². The fraction of sp³-hybridized carbons (Fsp3) is 0.474. The zero-order valence-corrected chi connectivity index (χ0v) is 16.1. The molecule has 0 radical (unpaired) electrons. The van der Waals surface area contributed by atoms with Gasteiger partial charge in [-0.2, -0.15) is 13.2 Å². The lowest BCUT2D eigenvalue weighted by molar-refractivity contribution is -0.141. The molecule has 2 aromatic rings. The largest absolute Gasteiger partial charge is 0.465 e. The third-order valence-electron chi connectivity index (χ3n) is 4.81. The Hall–Kier alpha value is -2.98. The van der Waals surface area contributed by atoms with Crippen molar-refractivity contribution >= 4 is 6.09 Å². The molecular formula is C19H20F4N4O3. The van der Waals surface area contributed by atoms with Gasteiger partial charge in [0.05, 0.1) is 5.69 Å². The minimum atomic E-state index is -4.66. The van der Waals surface area contributed by atoms with Crippen molar-refractivity contribution in [1.82, 2.24) is 19.9 Å². The summed E-state index contributed by atoms with van der Waals surface area (Å²) >= 11 is 0. The lowest BCUT2D eigenvalue weighted by Crippen LogP contribution is -2.37. The number of rotatable bonds is 5. The minimum Gasteiger partial charge on any atom is -0.465 e. The number of hydrogen-bond acceptors (Lipinski definition) is 5. The number of ether oxygens (including phenoxy) is 1. The smallest absolute Gasteiger partial charge is 0.433 e. The van der Waals surface area contributed by atoms with Crippen molar-refractivity contribution in [3.05, 3.63) is 47.2 Å². The van der Waals surface area contributed by atoms with Gasteiger partial charge in [0.1, 0.15) is 11.5 Å². The number of alkyl halides is 4. The second kappa shape index (κ2) is 8.80. The molecule has 2 aromatic heterocycles. The summed E-state index contributed by atoms with van der Waals surface area (Å²) in [6.45, 7) is 2.37. The van der Waals surface area contributed by atoms with Crippen LogP contribution >= 0.6 is 0 Å². The van der Waals surface area contributed by atoms with Gasteiger partial charge in [-0.05, 0) is 31.4 Å². The van der Waals surface area contributed by atoms with Gasteiger partial charge in [-0.25, -0.2) is 24.1 Å². The molecule has 1 saturated heterocycles. The number of amides is 1. The molecule has 162 valence electrons. The standard InChI is InChI=1S/C19H20F4N4O3/c1-11-24-10-13(17(25-11)12-5-7-27(8-6-12)18(28)29)9-15(20)30-16-4-2-3-14(26-16)19(21,22)23/h2-4,10,12,15H,5-9H2,1H3,(H,28,29). The topological polar surface area (TPSA) is 88.4 Å². The van der Waals surface area contributed by atoms with E-state index in [1.807, 2.05) is 0 Å². The first-order valence-corrected chi connectivity index (χ1v) is 9.28. The van der Waals surface area contributed by atoms with E-state index in [2.05, 4.69) is 15.0 Å². The predicted octanol–water partition coefficient (Wildman–Crippen LogP) is 3.97. The SMILES string of the molecule is Cc1ncc(CC(F)Oc2cccc(C(F)(F)F)n2)c(C2CCN(C(=O)O)CC2)n1. The molecule has 3 rings (SSSR count). The van der Waals surface area contributed by atoms with Crippen molar-refractivity contribution in [2.24, 2.45) is 0 Å². The number of pyridine rings is 1. The molecule has 1 aliphatic rings. The lowest BCUT2D eigenvalue weighted by atomic mass is 9.90. The van der Waals surface area contributed by atoms with Crippen LogP contribution < -0.4 is 4.74 Å². The number of aryl methyl sites for hydroxylation is 1. The Morgan fingerprint density at radius 3 is 2.63 bits per heavy atom. The second-order valence-corrected chi connectivity index (χ2v) is 6.96. The van der Waals surface area contributed by atoms with Crippen LogP contribution in [0.2, 0.25) is 0 Å². The van der Waals surface area contributed by atoms with Crippen LogP contribution in [0.4, 0.5) is 22.4 Å². The molecule has 11 heteroatoms. The molecule has 1 aliphatic heterocycles. The van der Waals surface area contributed by atoms with Crippen LogP contribution in [0.1, 0.15) is 41.5 Å². The van der Waals surface area contributed by atoms with Crippen molar-refractivity contribution in [2.75, 3.05) is 13.1 Å². The van der Waals surface area contributed by atoms with Crippen LogP contribution in [0.15, 0.2) is 24.4 Å². The van der Waals surface area contributed by atoms with E-state index in [-0.39, 0.29) is 12.3 Å². The Morgan fingerprint density at radius 2 is 2.00 bits per heavy atom. The average Bonchev–Trinajstić information content (AvgIpc) is 2.69. The van der Waals surface area contributed by atoms with Gasteiger partial charge in [-0.15, -0.1) is 0 Å². The molecule has 1 amide bonds. The normalized spacial score (nSPS) is 16.4. The molecule has 7 nitrogen and oxygen atoms in total. The Morgan fingerprint density at radius 1 is 1.30 bits per heavy atom. The number of carbonyl (C=O) groups is 1. The Kier molecular flexibility index (Phi) is 6.37. The first kappa shape index (κ1) is 21.7. The summed E-state index contributed by atoms with van der Waals surface area (Å²) in [5.74, 6) is -0.0526. The van der Waals surface area contributed by atoms with Crippen molar-refractivity contribution in [3.8, 4) is 5.88 Å². The Labute approximate surface area is 169 Å². The second-order valence-electron chi connectivity index (χ2n) is 6.96. The van der Waals surface area contributed by atoms with Crippen molar-refractivity contribution in [3.63, 3.8) is 0 Å². The molecule has 1 unspecified atom stereocenters. The van der Waals surface area contributed by atoms with E-state index < -0.39 is 30.2 Å². The lowest BCUT2D eigenvalue weighted by Gasteiger charge is -2.30. The van der Waals surface area contributed by atoms with E-state index >= 15 is 0 Å². The zero-order valence-electron chi connectivity index (χ0n) is 16.1.